The minimum Gasteiger partial charge on any atom is -0.411 e. The Morgan fingerprint density at radius 2 is 2.13 bits per heavy atom. The molecule has 0 fully saturated rings. The number of halogens is 1. The van der Waals surface area contributed by atoms with Crippen LogP contribution in [-0.4, -0.2) is 16.7 Å². The molecule has 2 rings (SSSR count). The maximum absolute atomic E-state index is 11.9. The van der Waals surface area contributed by atoms with Crippen LogP contribution >= 0.6 is 15.9 Å². The Balaban J connectivity index is 2.52. The molecule has 0 spiro atoms. The standard InChI is InChI=1S/C11H10BrNO2/c12-8-4-5-9-7(6-8)2-1-3-10(13-15)11(9)14/h4-6,15H,1-3H2/b13-10+. The van der Waals surface area contributed by atoms with Crippen LogP contribution in [0.15, 0.2) is 27.8 Å². The first-order chi connectivity index (χ1) is 7.22. The van der Waals surface area contributed by atoms with Crippen LogP contribution in [0.25, 0.3) is 0 Å². The lowest BCUT2D eigenvalue weighted by molar-refractivity contribution is 0.106. The number of nitrogens with zero attached hydrogens (tertiary/aromatic N) is 1. The Bertz CT molecular complexity index is 440. The molecule has 0 heterocycles. The zero-order chi connectivity index (χ0) is 10.8. The Morgan fingerprint density at radius 1 is 1.33 bits per heavy atom. The van der Waals surface area contributed by atoms with Crippen molar-refractivity contribution in [3.05, 3.63) is 33.8 Å². The largest absolute Gasteiger partial charge is 0.411 e. The quantitative estimate of drug-likeness (QED) is 0.447. The molecule has 0 aromatic heterocycles. The Kier molecular flexibility index (Phi) is 2.86. The molecule has 78 valence electrons. The highest BCUT2D eigenvalue weighted by atomic mass is 79.9. The van der Waals surface area contributed by atoms with E-state index >= 15 is 0 Å². The van der Waals surface area contributed by atoms with Gasteiger partial charge in [0.25, 0.3) is 0 Å². The van der Waals surface area contributed by atoms with Crippen LogP contribution in [0.1, 0.15) is 28.8 Å². The third-order valence-corrected chi connectivity index (χ3v) is 3.05. The van der Waals surface area contributed by atoms with Crippen LogP contribution in [-0.2, 0) is 6.42 Å². The summed E-state index contributed by atoms with van der Waals surface area (Å²) in [7, 11) is 0. The molecular weight excluding hydrogens is 258 g/mol. The van der Waals surface area contributed by atoms with Crippen molar-refractivity contribution < 1.29 is 10.0 Å². The topological polar surface area (TPSA) is 49.7 Å². The molecule has 0 bridgehead atoms. The van der Waals surface area contributed by atoms with Gasteiger partial charge in [-0.25, -0.2) is 0 Å². The van der Waals surface area contributed by atoms with Crippen molar-refractivity contribution in [1.82, 2.24) is 0 Å². The zero-order valence-electron chi connectivity index (χ0n) is 8.03. The molecule has 1 aromatic rings. The van der Waals surface area contributed by atoms with E-state index in [1.54, 1.807) is 6.07 Å². The number of ketones is 1. The van der Waals surface area contributed by atoms with Gasteiger partial charge >= 0.3 is 0 Å². The van der Waals surface area contributed by atoms with Gasteiger partial charge in [-0.15, -0.1) is 0 Å². The van der Waals surface area contributed by atoms with Crippen LogP contribution < -0.4 is 0 Å². The van der Waals surface area contributed by atoms with E-state index in [2.05, 4.69) is 21.1 Å². The second-order valence-electron chi connectivity index (χ2n) is 3.53. The first kappa shape index (κ1) is 10.4. The van der Waals surface area contributed by atoms with Gasteiger partial charge in [0.05, 0.1) is 0 Å². The predicted octanol–water partition coefficient (Wildman–Crippen LogP) is 2.80. The van der Waals surface area contributed by atoms with Crippen molar-refractivity contribution in [3.63, 3.8) is 0 Å². The summed E-state index contributed by atoms with van der Waals surface area (Å²) in [6.07, 6.45) is 2.23. The van der Waals surface area contributed by atoms with Gasteiger partial charge in [0.2, 0.25) is 5.78 Å². The highest BCUT2D eigenvalue weighted by Gasteiger charge is 2.21. The van der Waals surface area contributed by atoms with Crippen LogP contribution in [0.5, 0.6) is 0 Å². The number of carbonyl (C=O) groups is 1. The Labute approximate surface area is 95.9 Å². The fraction of sp³-hybridized carbons (Fsp3) is 0.273. The number of hydrogen-bond donors (Lipinski definition) is 1. The maximum Gasteiger partial charge on any atom is 0.210 e. The van der Waals surface area contributed by atoms with Gasteiger partial charge in [0.1, 0.15) is 5.71 Å². The summed E-state index contributed by atoms with van der Waals surface area (Å²) in [5.74, 6) is -0.155. The van der Waals surface area contributed by atoms with Gasteiger partial charge < -0.3 is 5.21 Å². The molecule has 3 nitrogen and oxygen atoms in total. The van der Waals surface area contributed by atoms with E-state index in [4.69, 9.17) is 5.21 Å². The minimum absolute atomic E-state index is 0.155. The molecule has 1 aromatic carbocycles. The highest BCUT2D eigenvalue weighted by molar-refractivity contribution is 9.10. The smallest absolute Gasteiger partial charge is 0.210 e. The lowest BCUT2D eigenvalue weighted by atomic mass is 10.0. The summed E-state index contributed by atoms with van der Waals surface area (Å²) in [5, 5.41) is 11.8. The van der Waals surface area contributed by atoms with Crippen LogP contribution in [0, 0.1) is 0 Å². The normalized spacial score (nSPS) is 18.7. The molecule has 0 radical (unpaired) electrons. The molecule has 4 heteroatoms. The third kappa shape index (κ3) is 1.95. The van der Waals surface area contributed by atoms with E-state index < -0.39 is 0 Å². The number of hydrogen-bond acceptors (Lipinski definition) is 3. The molecule has 0 amide bonds. The second kappa shape index (κ2) is 4.14. The fourth-order valence-corrected chi connectivity index (χ4v) is 2.21. The molecule has 15 heavy (non-hydrogen) atoms. The monoisotopic (exact) mass is 267 g/mol. The van der Waals surface area contributed by atoms with Gasteiger partial charge in [-0.05, 0) is 43.0 Å². The number of fused-ring (bicyclic) bond motifs is 1. The highest BCUT2D eigenvalue weighted by Crippen LogP contribution is 2.23. The SMILES string of the molecule is O=C1/C(=N/O)CCCc2cc(Br)ccc21. The summed E-state index contributed by atoms with van der Waals surface area (Å²) >= 11 is 3.38. The molecule has 1 N–H and O–H groups in total. The average Bonchev–Trinajstić information content (AvgIpc) is 2.37. The van der Waals surface area contributed by atoms with Crippen molar-refractivity contribution in [3.8, 4) is 0 Å². The van der Waals surface area contributed by atoms with E-state index in [9.17, 15) is 4.79 Å². The van der Waals surface area contributed by atoms with Crippen molar-refractivity contribution in [2.24, 2.45) is 5.16 Å². The van der Waals surface area contributed by atoms with Crippen molar-refractivity contribution in [2.75, 3.05) is 0 Å². The lowest BCUT2D eigenvalue weighted by Gasteiger charge is -2.03. The fourth-order valence-electron chi connectivity index (χ4n) is 1.80. The Morgan fingerprint density at radius 3 is 2.87 bits per heavy atom. The van der Waals surface area contributed by atoms with Crippen LogP contribution in [0.4, 0.5) is 0 Å². The molecule has 0 aliphatic heterocycles. The van der Waals surface area contributed by atoms with Gasteiger partial charge in [-0.3, -0.25) is 4.79 Å². The van der Waals surface area contributed by atoms with Crippen molar-refractivity contribution >= 4 is 27.4 Å². The predicted molar refractivity (Wildman–Crippen MR) is 60.6 cm³/mol. The molecule has 0 unspecified atom stereocenters. The average molecular weight is 268 g/mol. The van der Waals surface area contributed by atoms with E-state index in [1.165, 1.54) is 0 Å². The lowest BCUT2D eigenvalue weighted by Crippen LogP contribution is -2.13. The van der Waals surface area contributed by atoms with Crippen LogP contribution in [0.2, 0.25) is 0 Å². The van der Waals surface area contributed by atoms with E-state index in [1.807, 2.05) is 12.1 Å². The maximum atomic E-state index is 11.9. The number of oxime groups is 1. The van der Waals surface area contributed by atoms with E-state index in [0.717, 1.165) is 22.9 Å². The molecule has 1 aliphatic carbocycles. The number of benzene rings is 1. The van der Waals surface area contributed by atoms with E-state index in [-0.39, 0.29) is 11.5 Å². The zero-order valence-corrected chi connectivity index (χ0v) is 9.62. The summed E-state index contributed by atoms with van der Waals surface area (Å²) in [6, 6.07) is 5.56. The third-order valence-electron chi connectivity index (χ3n) is 2.55. The number of aryl methyl sites for hydroxylation is 1. The van der Waals surface area contributed by atoms with Crippen molar-refractivity contribution in [1.29, 1.82) is 0 Å². The molecule has 0 saturated heterocycles. The molecular formula is C11H10BrNO2. The molecule has 0 saturated carbocycles. The number of rotatable bonds is 0. The van der Waals surface area contributed by atoms with E-state index in [0.29, 0.717) is 12.0 Å². The molecule has 0 atom stereocenters. The second-order valence-corrected chi connectivity index (χ2v) is 4.45. The first-order valence-electron chi connectivity index (χ1n) is 4.76. The summed E-state index contributed by atoms with van der Waals surface area (Å²) in [4.78, 5) is 11.9. The Hall–Kier alpha value is -1.16. The number of carbonyl (C=O) groups excluding carboxylic acids is 1. The van der Waals surface area contributed by atoms with Crippen molar-refractivity contribution in [2.45, 2.75) is 19.3 Å². The summed E-state index contributed by atoms with van der Waals surface area (Å²) in [6.45, 7) is 0. The first-order valence-corrected chi connectivity index (χ1v) is 5.55. The van der Waals surface area contributed by atoms with Gasteiger partial charge in [-0.1, -0.05) is 21.1 Å². The van der Waals surface area contributed by atoms with Gasteiger partial charge in [0, 0.05) is 10.0 Å². The summed E-state index contributed by atoms with van der Waals surface area (Å²) < 4.78 is 0.971. The number of Topliss-reactive ketones (excluding diaryl/α,β-unsaturated/α-hetero) is 1. The minimum atomic E-state index is -0.155. The van der Waals surface area contributed by atoms with Gasteiger partial charge in [-0.2, -0.15) is 0 Å². The van der Waals surface area contributed by atoms with Crippen LogP contribution in [0.3, 0.4) is 0 Å². The molecule has 1 aliphatic rings. The van der Waals surface area contributed by atoms with Gasteiger partial charge in [0.15, 0.2) is 0 Å². The summed E-state index contributed by atoms with van der Waals surface area (Å²) in [5.41, 5.74) is 1.94.